The standard InChI is InChI=1S/C19H25N3O4S/c1-12-7-8-13(2)17(10-12)20-19(23)16-6-5-9-22(11-16)27(24,25)18-14(3)21-26-15(18)4/h7-8,10,16H,5-6,9,11H2,1-4H3,(H,20,23). The largest absolute Gasteiger partial charge is 0.360 e. The van der Waals surface area contributed by atoms with Crippen LogP contribution in [0.1, 0.15) is 35.4 Å². The van der Waals surface area contributed by atoms with Gasteiger partial charge in [0.25, 0.3) is 0 Å². The van der Waals surface area contributed by atoms with Gasteiger partial charge in [0, 0.05) is 18.8 Å². The Morgan fingerprint density at radius 3 is 2.67 bits per heavy atom. The van der Waals surface area contributed by atoms with Crippen LogP contribution in [0.5, 0.6) is 0 Å². The van der Waals surface area contributed by atoms with Crippen LogP contribution < -0.4 is 5.32 Å². The molecule has 2 heterocycles. The van der Waals surface area contributed by atoms with Crippen LogP contribution in [0.15, 0.2) is 27.6 Å². The molecule has 8 heteroatoms. The maximum absolute atomic E-state index is 13.0. The van der Waals surface area contributed by atoms with Gasteiger partial charge in [-0.25, -0.2) is 8.42 Å². The molecule has 1 unspecified atom stereocenters. The molecule has 1 fully saturated rings. The average molecular weight is 391 g/mol. The maximum Gasteiger partial charge on any atom is 0.248 e. The lowest BCUT2D eigenvalue weighted by atomic mass is 9.98. The predicted molar refractivity (Wildman–Crippen MR) is 102 cm³/mol. The summed E-state index contributed by atoms with van der Waals surface area (Å²) in [6.45, 7) is 7.64. The van der Waals surface area contributed by atoms with Gasteiger partial charge in [-0.15, -0.1) is 0 Å². The van der Waals surface area contributed by atoms with Crippen LogP contribution in [-0.2, 0) is 14.8 Å². The van der Waals surface area contributed by atoms with Crippen LogP contribution >= 0.6 is 0 Å². The molecule has 0 saturated carbocycles. The first-order valence-corrected chi connectivity index (χ1v) is 10.5. The van der Waals surface area contributed by atoms with Crippen LogP contribution in [0, 0.1) is 33.6 Å². The molecular formula is C19H25N3O4S. The fourth-order valence-corrected chi connectivity index (χ4v) is 5.27. The van der Waals surface area contributed by atoms with Gasteiger partial charge >= 0.3 is 0 Å². The van der Waals surface area contributed by atoms with E-state index in [2.05, 4.69) is 10.5 Å². The van der Waals surface area contributed by atoms with Crippen molar-refractivity contribution in [1.29, 1.82) is 0 Å². The van der Waals surface area contributed by atoms with Crippen molar-refractivity contribution in [3.8, 4) is 0 Å². The number of amides is 1. The number of benzene rings is 1. The number of aromatic nitrogens is 1. The van der Waals surface area contributed by atoms with Gasteiger partial charge in [-0.2, -0.15) is 4.31 Å². The summed E-state index contributed by atoms with van der Waals surface area (Å²) in [5.74, 6) is -0.272. The van der Waals surface area contributed by atoms with Gasteiger partial charge in [0.1, 0.15) is 10.6 Å². The zero-order chi connectivity index (χ0) is 19.8. The summed E-state index contributed by atoms with van der Waals surface area (Å²) in [4.78, 5) is 12.9. The molecule has 0 bridgehead atoms. The zero-order valence-electron chi connectivity index (χ0n) is 16.1. The van der Waals surface area contributed by atoms with Gasteiger partial charge in [-0.1, -0.05) is 17.3 Å². The fraction of sp³-hybridized carbons (Fsp3) is 0.474. The highest BCUT2D eigenvalue weighted by Crippen LogP contribution is 2.28. The first-order chi connectivity index (χ1) is 12.7. The number of aryl methyl sites for hydroxylation is 4. The molecule has 1 aliphatic rings. The van der Waals surface area contributed by atoms with Crippen molar-refractivity contribution in [3.05, 3.63) is 40.8 Å². The first kappa shape index (κ1) is 19.6. The molecule has 1 saturated heterocycles. The van der Waals surface area contributed by atoms with Crippen LogP contribution in [0.4, 0.5) is 5.69 Å². The van der Waals surface area contributed by atoms with Gasteiger partial charge in [-0.3, -0.25) is 4.79 Å². The van der Waals surface area contributed by atoms with E-state index in [9.17, 15) is 13.2 Å². The third-order valence-corrected chi connectivity index (χ3v) is 7.08. The topological polar surface area (TPSA) is 92.5 Å². The quantitative estimate of drug-likeness (QED) is 0.865. The molecule has 1 aromatic carbocycles. The predicted octanol–water partition coefficient (Wildman–Crippen LogP) is 2.95. The minimum Gasteiger partial charge on any atom is -0.360 e. The minimum absolute atomic E-state index is 0.109. The second-order valence-corrected chi connectivity index (χ2v) is 9.04. The molecule has 0 spiro atoms. The van der Waals surface area contributed by atoms with E-state index in [1.54, 1.807) is 13.8 Å². The van der Waals surface area contributed by atoms with E-state index in [4.69, 9.17) is 4.52 Å². The zero-order valence-corrected chi connectivity index (χ0v) is 16.9. The van der Waals surface area contributed by atoms with Gasteiger partial charge in [0.15, 0.2) is 5.76 Å². The third-order valence-electron chi connectivity index (χ3n) is 4.97. The van der Waals surface area contributed by atoms with Crippen LogP contribution in [0.25, 0.3) is 0 Å². The fourth-order valence-electron chi connectivity index (χ4n) is 3.45. The molecule has 1 N–H and O–H groups in total. The molecular weight excluding hydrogens is 366 g/mol. The van der Waals surface area contributed by atoms with E-state index >= 15 is 0 Å². The molecule has 3 rings (SSSR count). The summed E-state index contributed by atoms with van der Waals surface area (Å²) in [7, 11) is -3.74. The van der Waals surface area contributed by atoms with Crippen molar-refractivity contribution < 1.29 is 17.7 Å². The highest BCUT2D eigenvalue weighted by Gasteiger charge is 2.36. The van der Waals surface area contributed by atoms with Crippen LogP contribution in [-0.4, -0.2) is 36.9 Å². The SMILES string of the molecule is Cc1ccc(C)c(NC(=O)C2CCCN(S(=O)(=O)c3c(C)noc3C)C2)c1. The number of hydrogen-bond acceptors (Lipinski definition) is 5. The van der Waals surface area contributed by atoms with Crippen LogP contribution in [0.2, 0.25) is 0 Å². The van der Waals surface area contributed by atoms with E-state index in [0.29, 0.717) is 25.1 Å². The Labute approximate surface area is 159 Å². The van der Waals surface area contributed by atoms with Crippen molar-refractivity contribution in [1.82, 2.24) is 9.46 Å². The normalized spacial score (nSPS) is 18.4. The third kappa shape index (κ3) is 3.91. The highest BCUT2D eigenvalue weighted by atomic mass is 32.2. The molecule has 0 radical (unpaired) electrons. The maximum atomic E-state index is 13.0. The van der Waals surface area contributed by atoms with Crippen molar-refractivity contribution in [3.63, 3.8) is 0 Å². The second kappa shape index (κ2) is 7.44. The van der Waals surface area contributed by atoms with Gasteiger partial charge in [0.05, 0.1) is 5.92 Å². The van der Waals surface area contributed by atoms with Crippen molar-refractivity contribution in [2.45, 2.75) is 45.4 Å². The smallest absolute Gasteiger partial charge is 0.248 e. The number of hydrogen-bond donors (Lipinski definition) is 1. The lowest BCUT2D eigenvalue weighted by Crippen LogP contribution is -2.44. The van der Waals surface area contributed by atoms with E-state index < -0.39 is 15.9 Å². The van der Waals surface area contributed by atoms with Crippen molar-refractivity contribution in [2.75, 3.05) is 18.4 Å². The molecule has 0 aliphatic carbocycles. The Kier molecular flexibility index (Phi) is 5.39. The number of rotatable bonds is 4. The Morgan fingerprint density at radius 2 is 2.00 bits per heavy atom. The molecule has 2 aromatic rings. The number of carbonyl (C=O) groups excluding carboxylic acids is 1. The van der Waals surface area contributed by atoms with Crippen molar-refractivity contribution in [2.24, 2.45) is 5.92 Å². The Bertz CT molecular complexity index is 946. The summed E-state index contributed by atoms with van der Waals surface area (Å²) in [6, 6.07) is 5.87. The number of nitrogens with zero attached hydrogens (tertiary/aromatic N) is 2. The van der Waals surface area contributed by atoms with Gasteiger partial charge < -0.3 is 9.84 Å². The number of carbonyl (C=O) groups is 1. The first-order valence-electron chi connectivity index (χ1n) is 9.01. The Balaban J connectivity index is 1.78. The molecule has 1 atom stereocenters. The van der Waals surface area contributed by atoms with Crippen molar-refractivity contribution >= 4 is 21.6 Å². The molecule has 7 nitrogen and oxygen atoms in total. The summed E-state index contributed by atoms with van der Waals surface area (Å²) in [5, 5.41) is 6.70. The van der Waals surface area contributed by atoms with E-state index in [-0.39, 0.29) is 23.1 Å². The lowest BCUT2D eigenvalue weighted by Gasteiger charge is -2.31. The van der Waals surface area contributed by atoms with Gasteiger partial charge in [0.2, 0.25) is 15.9 Å². The van der Waals surface area contributed by atoms with E-state index in [1.807, 2.05) is 32.0 Å². The van der Waals surface area contributed by atoms with Gasteiger partial charge in [-0.05, 0) is 57.7 Å². The molecule has 1 amide bonds. The molecule has 146 valence electrons. The summed E-state index contributed by atoms with van der Waals surface area (Å²) in [5.41, 5.74) is 3.15. The highest BCUT2D eigenvalue weighted by molar-refractivity contribution is 7.89. The number of piperidine rings is 1. The minimum atomic E-state index is -3.74. The molecule has 1 aromatic heterocycles. The number of anilines is 1. The second-order valence-electron chi connectivity index (χ2n) is 7.16. The lowest BCUT2D eigenvalue weighted by molar-refractivity contribution is -0.120. The number of nitrogens with one attached hydrogen (secondary N) is 1. The monoisotopic (exact) mass is 391 g/mol. The summed E-state index contributed by atoms with van der Waals surface area (Å²) < 4.78 is 32.4. The Morgan fingerprint density at radius 1 is 1.26 bits per heavy atom. The average Bonchev–Trinajstić information content (AvgIpc) is 2.97. The molecule has 1 aliphatic heterocycles. The van der Waals surface area contributed by atoms with Crippen LogP contribution in [0.3, 0.4) is 0 Å². The van der Waals surface area contributed by atoms with E-state index in [0.717, 1.165) is 16.8 Å². The molecule has 27 heavy (non-hydrogen) atoms. The summed E-state index contributed by atoms with van der Waals surface area (Å²) in [6.07, 6.45) is 1.29. The van der Waals surface area contributed by atoms with E-state index in [1.165, 1.54) is 4.31 Å². The number of sulfonamides is 1. The summed E-state index contributed by atoms with van der Waals surface area (Å²) >= 11 is 0. The Hall–Kier alpha value is -2.19.